The highest BCUT2D eigenvalue weighted by atomic mass is 79.9. The van der Waals surface area contributed by atoms with Crippen LogP contribution in [0.15, 0.2) is 22.7 Å². The molecule has 0 bridgehead atoms. The molecule has 0 aliphatic carbocycles. The number of nitrogens with one attached hydrogen (secondary N) is 2. The molecule has 0 radical (unpaired) electrons. The van der Waals surface area contributed by atoms with Crippen LogP contribution in [0.4, 0.5) is 9.18 Å². The third kappa shape index (κ3) is 4.18. The molecule has 0 spiro atoms. The molecule has 2 N–H and O–H groups in total. The summed E-state index contributed by atoms with van der Waals surface area (Å²) in [5.41, 5.74) is 0.589. The van der Waals surface area contributed by atoms with Crippen molar-refractivity contribution in [2.75, 3.05) is 13.1 Å². The first-order valence-electron chi connectivity index (χ1n) is 5.09. The third-order valence-electron chi connectivity index (χ3n) is 2.02. The van der Waals surface area contributed by atoms with Gasteiger partial charge in [0.1, 0.15) is 5.82 Å². The summed E-state index contributed by atoms with van der Waals surface area (Å²) in [6.07, 6.45) is 0.475. The number of amides is 2. The van der Waals surface area contributed by atoms with E-state index in [-0.39, 0.29) is 11.8 Å². The van der Waals surface area contributed by atoms with Crippen LogP contribution in [0.1, 0.15) is 12.5 Å². The Kier molecular flexibility index (Phi) is 5.25. The number of urea groups is 1. The summed E-state index contributed by atoms with van der Waals surface area (Å²) >= 11 is 3.28. The number of carbonyl (C=O) groups excluding carboxylic acids is 1. The number of hydrogen-bond acceptors (Lipinski definition) is 1. The molecule has 0 atom stereocenters. The quantitative estimate of drug-likeness (QED) is 0.878. The number of rotatable bonds is 4. The van der Waals surface area contributed by atoms with Gasteiger partial charge in [-0.1, -0.05) is 15.9 Å². The molecular weight excluding hydrogens is 275 g/mol. The first-order valence-corrected chi connectivity index (χ1v) is 5.88. The van der Waals surface area contributed by atoms with Gasteiger partial charge in [-0.05, 0) is 37.1 Å². The average molecular weight is 289 g/mol. The van der Waals surface area contributed by atoms with Gasteiger partial charge < -0.3 is 10.6 Å². The summed E-state index contributed by atoms with van der Waals surface area (Å²) in [6.45, 7) is 2.84. The van der Waals surface area contributed by atoms with E-state index in [0.29, 0.717) is 25.1 Å². The highest BCUT2D eigenvalue weighted by Crippen LogP contribution is 2.15. The molecular formula is C11H14BrFN2O. The molecule has 2 amide bonds. The second-order valence-corrected chi connectivity index (χ2v) is 4.19. The van der Waals surface area contributed by atoms with Crippen molar-refractivity contribution in [3.8, 4) is 0 Å². The zero-order chi connectivity index (χ0) is 12.0. The standard InChI is InChI=1S/C11H14BrFN2O/c1-2-14-11(16)15-6-5-8-7-9(12)3-4-10(8)13/h3-4,7H,2,5-6H2,1H3,(H2,14,15,16). The Morgan fingerprint density at radius 1 is 1.44 bits per heavy atom. The van der Waals surface area contributed by atoms with Gasteiger partial charge in [0.15, 0.2) is 0 Å². The fraction of sp³-hybridized carbons (Fsp3) is 0.364. The van der Waals surface area contributed by atoms with Crippen molar-refractivity contribution in [3.63, 3.8) is 0 Å². The van der Waals surface area contributed by atoms with Crippen LogP contribution in [-0.2, 0) is 6.42 Å². The van der Waals surface area contributed by atoms with Crippen LogP contribution in [0.25, 0.3) is 0 Å². The summed E-state index contributed by atoms with van der Waals surface area (Å²) in [5.74, 6) is -0.249. The van der Waals surface area contributed by atoms with Gasteiger partial charge >= 0.3 is 6.03 Å². The first-order chi connectivity index (χ1) is 7.63. The van der Waals surface area contributed by atoms with Crippen LogP contribution in [-0.4, -0.2) is 19.1 Å². The lowest BCUT2D eigenvalue weighted by molar-refractivity contribution is 0.241. The van der Waals surface area contributed by atoms with E-state index in [1.807, 2.05) is 6.92 Å². The minimum Gasteiger partial charge on any atom is -0.338 e. The van der Waals surface area contributed by atoms with Crippen LogP contribution in [0, 0.1) is 5.82 Å². The molecule has 1 rings (SSSR count). The molecule has 0 aliphatic rings. The molecule has 5 heteroatoms. The van der Waals surface area contributed by atoms with E-state index >= 15 is 0 Å². The zero-order valence-corrected chi connectivity index (χ0v) is 10.6. The Morgan fingerprint density at radius 2 is 2.19 bits per heavy atom. The summed E-state index contributed by atoms with van der Waals surface area (Å²) in [5, 5.41) is 5.25. The lowest BCUT2D eigenvalue weighted by atomic mass is 10.1. The van der Waals surface area contributed by atoms with Gasteiger partial charge in [0.05, 0.1) is 0 Å². The number of halogens is 2. The Hall–Kier alpha value is -1.10. The Labute approximate surface area is 103 Å². The summed E-state index contributed by atoms with van der Waals surface area (Å²) in [4.78, 5) is 11.1. The molecule has 0 aromatic heterocycles. The molecule has 1 aromatic rings. The van der Waals surface area contributed by atoms with Crippen molar-refractivity contribution in [1.82, 2.24) is 10.6 Å². The normalized spacial score (nSPS) is 9.94. The molecule has 0 aliphatic heterocycles. The van der Waals surface area contributed by atoms with Crippen molar-refractivity contribution >= 4 is 22.0 Å². The third-order valence-corrected chi connectivity index (χ3v) is 2.52. The largest absolute Gasteiger partial charge is 0.338 e. The smallest absolute Gasteiger partial charge is 0.314 e. The number of carbonyl (C=O) groups is 1. The van der Waals surface area contributed by atoms with E-state index in [2.05, 4.69) is 26.6 Å². The molecule has 0 fully saturated rings. The van der Waals surface area contributed by atoms with Crippen molar-refractivity contribution in [3.05, 3.63) is 34.1 Å². The van der Waals surface area contributed by atoms with Gasteiger partial charge in [-0.3, -0.25) is 0 Å². The number of hydrogen-bond donors (Lipinski definition) is 2. The topological polar surface area (TPSA) is 41.1 Å². The lowest BCUT2D eigenvalue weighted by Gasteiger charge is -2.06. The average Bonchev–Trinajstić information content (AvgIpc) is 2.23. The van der Waals surface area contributed by atoms with Crippen LogP contribution < -0.4 is 10.6 Å². The van der Waals surface area contributed by atoms with E-state index in [0.717, 1.165) is 4.47 Å². The van der Waals surface area contributed by atoms with Gasteiger partial charge in [0.2, 0.25) is 0 Å². The molecule has 3 nitrogen and oxygen atoms in total. The van der Waals surface area contributed by atoms with Crippen LogP contribution in [0.3, 0.4) is 0 Å². The maximum absolute atomic E-state index is 13.3. The fourth-order valence-electron chi connectivity index (χ4n) is 1.27. The first kappa shape index (κ1) is 13.0. The Bertz CT molecular complexity index is 371. The van der Waals surface area contributed by atoms with E-state index in [9.17, 15) is 9.18 Å². The SMILES string of the molecule is CCNC(=O)NCCc1cc(Br)ccc1F. The minimum atomic E-state index is -0.249. The van der Waals surface area contributed by atoms with Crippen LogP contribution >= 0.6 is 15.9 Å². The molecule has 88 valence electrons. The summed E-state index contributed by atoms with van der Waals surface area (Å²) < 4.78 is 14.1. The second kappa shape index (κ2) is 6.48. The highest BCUT2D eigenvalue weighted by Gasteiger charge is 2.03. The monoisotopic (exact) mass is 288 g/mol. The summed E-state index contributed by atoms with van der Waals surface area (Å²) in [6, 6.07) is 4.55. The Morgan fingerprint density at radius 3 is 2.88 bits per heavy atom. The van der Waals surface area contributed by atoms with Gasteiger partial charge in [-0.15, -0.1) is 0 Å². The highest BCUT2D eigenvalue weighted by molar-refractivity contribution is 9.10. The lowest BCUT2D eigenvalue weighted by Crippen LogP contribution is -2.36. The fourth-order valence-corrected chi connectivity index (χ4v) is 1.68. The van der Waals surface area contributed by atoms with Crippen molar-refractivity contribution in [2.24, 2.45) is 0 Å². The molecule has 0 saturated heterocycles. The van der Waals surface area contributed by atoms with Gasteiger partial charge in [0, 0.05) is 17.6 Å². The maximum atomic E-state index is 13.3. The molecule has 0 unspecified atom stereocenters. The Balaban J connectivity index is 2.42. The van der Waals surface area contributed by atoms with E-state index in [4.69, 9.17) is 0 Å². The predicted octanol–water partition coefficient (Wildman–Crippen LogP) is 2.45. The van der Waals surface area contributed by atoms with Crippen LogP contribution in [0.2, 0.25) is 0 Å². The van der Waals surface area contributed by atoms with Gasteiger partial charge in [0.25, 0.3) is 0 Å². The van der Waals surface area contributed by atoms with Gasteiger partial charge in [-0.2, -0.15) is 0 Å². The van der Waals surface area contributed by atoms with E-state index < -0.39 is 0 Å². The molecule has 0 saturated carbocycles. The maximum Gasteiger partial charge on any atom is 0.314 e. The van der Waals surface area contributed by atoms with Gasteiger partial charge in [-0.25, -0.2) is 9.18 Å². The van der Waals surface area contributed by atoms with Crippen molar-refractivity contribution < 1.29 is 9.18 Å². The van der Waals surface area contributed by atoms with Crippen molar-refractivity contribution in [2.45, 2.75) is 13.3 Å². The summed E-state index contributed by atoms with van der Waals surface area (Å²) in [7, 11) is 0. The molecule has 1 aromatic carbocycles. The number of benzene rings is 1. The van der Waals surface area contributed by atoms with E-state index in [1.165, 1.54) is 6.07 Å². The molecule has 0 heterocycles. The second-order valence-electron chi connectivity index (χ2n) is 3.27. The van der Waals surface area contributed by atoms with E-state index in [1.54, 1.807) is 12.1 Å². The molecule has 16 heavy (non-hydrogen) atoms. The van der Waals surface area contributed by atoms with Crippen LogP contribution in [0.5, 0.6) is 0 Å². The zero-order valence-electron chi connectivity index (χ0n) is 9.02. The van der Waals surface area contributed by atoms with Crippen molar-refractivity contribution in [1.29, 1.82) is 0 Å². The predicted molar refractivity (Wildman–Crippen MR) is 64.9 cm³/mol. The minimum absolute atomic E-state index is 0.224.